The predicted molar refractivity (Wildman–Crippen MR) is 72.2 cm³/mol. The molecule has 0 unspecified atom stereocenters. The van der Waals surface area contributed by atoms with Crippen LogP contribution in [0.4, 0.5) is 15.8 Å². The van der Waals surface area contributed by atoms with E-state index in [0.29, 0.717) is 6.54 Å². The molecule has 0 heterocycles. The Balaban J connectivity index is 2.68. The first-order valence-corrected chi connectivity index (χ1v) is 6.20. The third-order valence-corrected chi connectivity index (χ3v) is 2.86. The van der Waals surface area contributed by atoms with Crippen LogP contribution in [0.2, 0.25) is 0 Å². The lowest BCUT2D eigenvalue weighted by Crippen LogP contribution is -2.12. The molecule has 1 aromatic rings. The number of halogens is 2. The monoisotopic (exact) mass is 370 g/mol. The van der Waals surface area contributed by atoms with Crippen molar-refractivity contribution in [3.8, 4) is 0 Å². The number of hydrogen-bond acceptors (Lipinski definition) is 5. The van der Waals surface area contributed by atoms with Gasteiger partial charge in [-0.25, -0.2) is 4.39 Å². The van der Waals surface area contributed by atoms with E-state index in [1.807, 2.05) is 0 Å². The van der Waals surface area contributed by atoms with Crippen LogP contribution >= 0.6 is 22.6 Å². The van der Waals surface area contributed by atoms with E-state index in [-0.39, 0.29) is 34.8 Å². The van der Waals surface area contributed by atoms with Gasteiger partial charge >= 0.3 is 0 Å². The van der Waals surface area contributed by atoms with Gasteiger partial charge in [0.1, 0.15) is 11.5 Å². The Hall–Kier alpha value is -1.00. The summed E-state index contributed by atoms with van der Waals surface area (Å²) in [5.74, 6) is -0.514. The minimum absolute atomic E-state index is 0.0850. The molecule has 18 heavy (non-hydrogen) atoms. The highest BCUT2D eigenvalue weighted by atomic mass is 127. The molecule has 0 aliphatic carbocycles. The molecule has 100 valence electrons. The first-order chi connectivity index (χ1) is 8.56. The van der Waals surface area contributed by atoms with Gasteiger partial charge in [0.05, 0.1) is 28.3 Å². The molecular formula is C10H12FIN2O4. The number of aliphatic hydroxyl groups excluding tert-OH is 1. The Labute approximate surface area is 116 Å². The average molecular weight is 370 g/mol. The molecule has 0 atom stereocenters. The Morgan fingerprint density at radius 3 is 2.83 bits per heavy atom. The molecule has 0 saturated heterocycles. The number of ether oxygens (including phenoxy) is 1. The molecule has 8 heteroatoms. The fourth-order valence-electron chi connectivity index (χ4n) is 1.25. The minimum Gasteiger partial charge on any atom is -0.394 e. The van der Waals surface area contributed by atoms with Gasteiger partial charge in [-0.3, -0.25) is 10.1 Å². The van der Waals surface area contributed by atoms with Crippen LogP contribution < -0.4 is 5.32 Å². The highest BCUT2D eigenvalue weighted by Crippen LogP contribution is 2.28. The summed E-state index contributed by atoms with van der Waals surface area (Å²) < 4.78 is 18.5. The molecule has 0 aromatic heterocycles. The number of aliphatic hydroxyl groups is 1. The van der Waals surface area contributed by atoms with Crippen LogP contribution in [0.3, 0.4) is 0 Å². The summed E-state index contributed by atoms with van der Waals surface area (Å²) in [6.07, 6.45) is 0. The van der Waals surface area contributed by atoms with E-state index < -0.39 is 10.7 Å². The fraction of sp³-hybridized carbons (Fsp3) is 0.400. The third-order valence-electron chi connectivity index (χ3n) is 2.03. The molecule has 1 aromatic carbocycles. The molecule has 1 rings (SSSR count). The SMILES string of the molecule is O=[N+]([O-])c1cc(I)c(F)cc1NCCOCCO. The molecular weight excluding hydrogens is 358 g/mol. The fourth-order valence-corrected chi connectivity index (χ4v) is 1.70. The first-order valence-electron chi connectivity index (χ1n) is 5.12. The molecule has 0 bridgehead atoms. The largest absolute Gasteiger partial charge is 0.394 e. The van der Waals surface area contributed by atoms with E-state index >= 15 is 0 Å². The van der Waals surface area contributed by atoms with Gasteiger partial charge in [0.2, 0.25) is 0 Å². The number of hydrogen-bond donors (Lipinski definition) is 2. The summed E-state index contributed by atoms with van der Waals surface area (Å²) in [5, 5.41) is 22.0. The van der Waals surface area contributed by atoms with Crippen molar-refractivity contribution in [3.05, 3.63) is 31.6 Å². The maximum atomic E-state index is 13.3. The number of nitrogens with zero attached hydrogens (tertiary/aromatic N) is 1. The van der Waals surface area contributed by atoms with E-state index in [0.717, 1.165) is 6.07 Å². The lowest BCUT2D eigenvalue weighted by Gasteiger charge is -2.08. The van der Waals surface area contributed by atoms with Crippen molar-refractivity contribution in [2.75, 3.05) is 31.7 Å². The van der Waals surface area contributed by atoms with Gasteiger partial charge in [0.25, 0.3) is 5.69 Å². The molecule has 0 saturated carbocycles. The van der Waals surface area contributed by atoms with Crippen molar-refractivity contribution in [1.29, 1.82) is 0 Å². The molecule has 6 nitrogen and oxygen atoms in total. The summed E-state index contributed by atoms with van der Waals surface area (Å²) in [4.78, 5) is 10.2. The molecule has 0 aliphatic heterocycles. The van der Waals surface area contributed by atoms with Crippen molar-refractivity contribution < 1.29 is 19.2 Å². The molecule has 0 spiro atoms. The van der Waals surface area contributed by atoms with E-state index in [2.05, 4.69) is 5.32 Å². The second-order valence-corrected chi connectivity index (χ2v) is 4.47. The third kappa shape index (κ3) is 4.35. The number of nitrogens with one attached hydrogen (secondary N) is 1. The van der Waals surface area contributed by atoms with Crippen LogP contribution in [0.1, 0.15) is 0 Å². The van der Waals surface area contributed by atoms with E-state index in [1.165, 1.54) is 6.07 Å². The van der Waals surface area contributed by atoms with Crippen LogP contribution in [-0.4, -0.2) is 36.4 Å². The summed E-state index contributed by atoms with van der Waals surface area (Å²) >= 11 is 1.70. The zero-order chi connectivity index (χ0) is 13.5. The topological polar surface area (TPSA) is 84.6 Å². The molecule has 0 aliphatic rings. The highest BCUT2D eigenvalue weighted by molar-refractivity contribution is 14.1. The summed E-state index contributed by atoms with van der Waals surface area (Å²) in [6, 6.07) is 2.26. The summed E-state index contributed by atoms with van der Waals surface area (Å²) in [6.45, 7) is 0.676. The van der Waals surface area contributed by atoms with Crippen molar-refractivity contribution in [1.82, 2.24) is 0 Å². The van der Waals surface area contributed by atoms with Gasteiger partial charge in [-0.15, -0.1) is 0 Å². The smallest absolute Gasteiger partial charge is 0.293 e. The van der Waals surface area contributed by atoms with E-state index in [4.69, 9.17) is 9.84 Å². The zero-order valence-electron chi connectivity index (χ0n) is 9.36. The average Bonchev–Trinajstić information content (AvgIpc) is 2.32. The molecule has 2 N–H and O–H groups in total. The maximum Gasteiger partial charge on any atom is 0.293 e. The second kappa shape index (κ2) is 7.44. The van der Waals surface area contributed by atoms with Crippen molar-refractivity contribution in [3.63, 3.8) is 0 Å². The highest BCUT2D eigenvalue weighted by Gasteiger charge is 2.16. The zero-order valence-corrected chi connectivity index (χ0v) is 11.5. The van der Waals surface area contributed by atoms with Gasteiger partial charge in [-0.2, -0.15) is 0 Å². The van der Waals surface area contributed by atoms with Gasteiger partial charge in [0.15, 0.2) is 0 Å². The summed E-state index contributed by atoms with van der Waals surface area (Å²) in [5.41, 5.74) is -0.0616. The Morgan fingerprint density at radius 1 is 1.50 bits per heavy atom. The number of nitro benzene ring substituents is 1. The van der Waals surface area contributed by atoms with Crippen LogP contribution in [0.5, 0.6) is 0 Å². The molecule has 0 fully saturated rings. The van der Waals surface area contributed by atoms with Crippen LogP contribution in [0.25, 0.3) is 0 Å². The van der Waals surface area contributed by atoms with Crippen molar-refractivity contribution in [2.24, 2.45) is 0 Å². The normalized spacial score (nSPS) is 10.4. The van der Waals surface area contributed by atoms with Gasteiger partial charge in [-0.1, -0.05) is 0 Å². The minimum atomic E-state index is -0.571. The lowest BCUT2D eigenvalue weighted by molar-refractivity contribution is -0.384. The first kappa shape index (κ1) is 15.1. The standard InChI is InChI=1S/C10H12FIN2O4/c11-7-5-9(13-1-3-18-4-2-15)10(14(16)17)6-8(7)12/h5-6,13,15H,1-4H2. The Kier molecular flexibility index (Phi) is 6.22. The van der Waals surface area contributed by atoms with Crippen LogP contribution in [0, 0.1) is 19.5 Å². The van der Waals surface area contributed by atoms with E-state index in [1.54, 1.807) is 22.6 Å². The van der Waals surface area contributed by atoms with Crippen LogP contribution in [-0.2, 0) is 4.74 Å². The van der Waals surface area contributed by atoms with Gasteiger partial charge in [0, 0.05) is 18.7 Å². The van der Waals surface area contributed by atoms with Gasteiger partial charge in [-0.05, 0) is 22.6 Å². The number of benzene rings is 1. The molecule has 0 radical (unpaired) electrons. The van der Waals surface area contributed by atoms with E-state index in [9.17, 15) is 14.5 Å². The van der Waals surface area contributed by atoms with Gasteiger partial charge < -0.3 is 15.2 Å². The Bertz CT molecular complexity index is 431. The maximum absolute atomic E-state index is 13.3. The predicted octanol–water partition coefficient (Wildman–Crippen LogP) is 1.76. The van der Waals surface area contributed by atoms with Crippen molar-refractivity contribution in [2.45, 2.75) is 0 Å². The lowest BCUT2D eigenvalue weighted by atomic mass is 10.2. The van der Waals surface area contributed by atoms with Crippen LogP contribution in [0.15, 0.2) is 12.1 Å². The Morgan fingerprint density at radius 2 is 2.22 bits per heavy atom. The quantitative estimate of drug-likeness (QED) is 0.331. The second-order valence-electron chi connectivity index (χ2n) is 3.30. The number of rotatable bonds is 7. The number of nitro groups is 1. The summed E-state index contributed by atoms with van der Waals surface area (Å²) in [7, 11) is 0. The number of anilines is 1. The molecule has 0 amide bonds. The van der Waals surface area contributed by atoms with Crippen molar-refractivity contribution >= 4 is 34.0 Å².